The van der Waals surface area contributed by atoms with Crippen LogP contribution in [-0.2, 0) is 9.31 Å². The summed E-state index contributed by atoms with van der Waals surface area (Å²) < 4.78 is 11.6. The van der Waals surface area contributed by atoms with Crippen molar-refractivity contribution in [1.29, 1.82) is 0 Å². The fourth-order valence-corrected chi connectivity index (χ4v) is 1.78. The highest BCUT2D eigenvalue weighted by atomic mass is 16.7. The molecule has 0 unspecified atom stereocenters. The van der Waals surface area contributed by atoms with E-state index < -0.39 is 13.1 Å². The van der Waals surface area contributed by atoms with Gasteiger partial charge in [0.2, 0.25) is 0 Å². The van der Waals surface area contributed by atoms with Crippen LogP contribution in [0.1, 0.15) is 43.9 Å². The van der Waals surface area contributed by atoms with Crippen molar-refractivity contribution in [1.82, 2.24) is 4.98 Å². The quantitative estimate of drug-likeness (QED) is 0.821. The van der Waals surface area contributed by atoms with Crippen LogP contribution in [0, 0.1) is 0 Å². The first-order chi connectivity index (χ1) is 8.71. The van der Waals surface area contributed by atoms with Crippen LogP contribution in [0.3, 0.4) is 0 Å². The first-order valence-electron chi connectivity index (χ1n) is 6.17. The Labute approximate surface area is 112 Å². The van der Waals surface area contributed by atoms with Crippen LogP contribution in [0.25, 0.3) is 6.08 Å². The van der Waals surface area contributed by atoms with Gasteiger partial charge in [-0.2, -0.15) is 0 Å². The fourth-order valence-electron chi connectivity index (χ4n) is 1.78. The molecule has 0 aliphatic carbocycles. The first-order valence-corrected chi connectivity index (χ1v) is 6.17. The highest BCUT2D eigenvalue weighted by Gasteiger charge is 2.49. The lowest BCUT2D eigenvalue weighted by Gasteiger charge is -2.32. The summed E-state index contributed by atoms with van der Waals surface area (Å²) in [6.45, 7) is 7.94. The molecule has 6 heteroatoms. The molecular formula is C13H18BNO4. The van der Waals surface area contributed by atoms with Crippen molar-refractivity contribution in [2.24, 2.45) is 0 Å². The molecule has 0 radical (unpaired) electrons. The summed E-state index contributed by atoms with van der Waals surface area (Å²) in [5.41, 5.74) is 0.120. The number of aromatic nitrogens is 1. The van der Waals surface area contributed by atoms with E-state index in [1.165, 1.54) is 6.07 Å². The van der Waals surface area contributed by atoms with Gasteiger partial charge in [0.25, 0.3) is 0 Å². The third-order valence-electron chi connectivity index (χ3n) is 3.64. The van der Waals surface area contributed by atoms with Gasteiger partial charge in [0.1, 0.15) is 5.69 Å². The van der Waals surface area contributed by atoms with Gasteiger partial charge in [-0.3, -0.25) is 0 Å². The van der Waals surface area contributed by atoms with Gasteiger partial charge in [-0.05, 0) is 45.9 Å². The van der Waals surface area contributed by atoms with Gasteiger partial charge in [-0.1, -0.05) is 5.98 Å². The first kappa shape index (κ1) is 13.9. The van der Waals surface area contributed by atoms with Crippen LogP contribution in [-0.4, -0.2) is 34.4 Å². The predicted octanol–water partition coefficient (Wildman–Crippen LogP) is 2.36. The molecule has 1 fully saturated rings. The molecule has 0 aromatic carbocycles. The monoisotopic (exact) mass is 263 g/mol. The minimum Gasteiger partial charge on any atom is -0.477 e. The van der Waals surface area contributed by atoms with Crippen LogP contribution in [0.15, 0.2) is 18.1 Å². The molecule has 1 aliphatic rings. The van der Waals surface area contributed by atoms with Crippen molar-refractivity contribution in [3.8, 4) is 0 Å². The van der Waals surface area contributed by atoms with Crippen LogP contribution >= 0.6 is 0 Å². The second-order valence-corrected chi connectivity index (χ2v) is 5.62. The van der Waals surface area contributed by atoms with E-state index in [-0.39, 0.29) is 16.9 Å². The number of carboxylic acids is 1. The van der Waals surface area contributed by atoms with Gasteiger partial charge in [0.05, 0.1) is 11.2 Å². The SMILES string of the molecule is CC1(C)OB(/C=C/c2ccc(C(=O)O)[nH]2)OC1(C)C. The van der Waals surface area contributed by atoms with E-state index in [1.54, 1.807) is 18.1 Å². The smallest absolute Gasteiger partial charge is 0.477 e. The van der Waals surface area contributed by atoms with Crippen molar-refractivity contribution >= 4 is 19.2 Å². The zero-order valence-corrected chi connectivity index (χ0v) is 11.6. The molecule has 2 rings (SSSR count). The number of carboxylic acid groups (broad SMARTS) is 1. The number of hydrogen-bond donors (Lipinski definition) is 2. The summed E-state index contributed by atoms with van der Waals surface area (Å²) in [5.74, 6) is 0.795. The lowest BCUT2D eigenvalue weighted by Crippen LogP contribution is -2.41. The molecule has 0 saturated carbocycles. The Balaban J connectivity index is 2.06. The number of aromatic carboxylic acids is 1. The molecule has 2 heterocycles. The zero-order chi connectivity index (χ0) is 14.3. The Morgan fingerprint density at radius 2 is 1.84 bits per heavy atom. The maximum Gasteiger partial charge on any atom is 0.487 e. The second kappa shape index (κ2) is 4.54. The Bertz CT molecular complexity index is 502. The van der Waals surface area contributed by atoms with E-state index in [0.29, 0.717) is 5.69 Å². The lowest BCUT2D eigenvalue weighted by atomic mass is 9.90. The van der Waals surface area contributed by atoms with Gasteiger partial charge in [-0.25, -0.2) is 4.79 Å². The fraction of sp³-hybridized carbons (Fsp3) is 0.462. The van der Waals surface area contributed by atoms with E-state index in [4.69, 9.17) is 14.4 Å². The van der Waals surface area contributed by atoms with Crippen LogP contribution in [0.4, 0.5) is 0 Å². The van der Waals surface area contributed by atoms with Gasteiger partial charge in [-0.15, -0.1) is 0 Å². The summed E-state index contributed by atoms with van der Waals surface area (Å²) in [5, 5.41) is 8.81. The van der Waals surface area contributed by atoms with Crippen molar-refractivity contribution in [3.63, 3.8) is 0 Å². The molecule has 2 N–H and O–H groups in total. The Morgan fingerprint density at radius 1 is 1.26 bits per heavy atom. The zero-order valence-electron chi connectivity index (χ0n) is 11.6. The number of hydrogen-bond acceptors (Lipinski definition) is 3. The van der Waals surface area contributed by atoms with Crippen LogP contribution in [0.2, 0.25) is 0 Å². The molecule has 0 amide bonds. The predicted molar refractivity (Wildman–Crippen MR) is 72.9 cm³/mol. The maximum absolute atomic E-state index is 10.7. The van der Waals surface area contributed by atoms with Gasteiger partial charge < -0.3 is 19.4 Å². The molecule has 0 atom stereocenters. The van der Waals surface area contributed by atoms with E-state index in [0.717, 1.165) is 0 Å². The Kier molecular flexibility index (Phi) is 3.32. The Hall–Kier alpha value is -1.53. The number of carbonyl (C=O) groups is 1. The molecule has 0 spiro atoms. The highest BCUT2D eigenvalue weighted by molar-refractivity contribution is 6.52. The topological polar surface area (TPSA) is 71.5 Å². The third-order valence-corrected chi connectivity index (χ3v) is 3.64. The highest BCUT2D eigenvalue weighted by Crippen LogP contribution is 2.36. The summed E-state index contributed by atoms with van der Waals surface area (Å²) >= 11 is 0. The van der Waals surface area contributed by atoms with Gasteiger partial charge >= 0.3 is 13.1 Å². The van der Waals surface area contributed by atoms with Crippen molar-refractivity contribution in [2.45, 2.75) is 38.9 Å². The van der Waals surface area contributed by atoms with Gasteiger partial charge in [0.15, 0.2) is 0 Å². The summed E-state index contributed by atoms with van der Waals surface area (Å²) in [4.78, 5) is 13.5. The normalized spacial score (nSPS) is 21.2. The maximum atomic E-state index is 10.7. The largest absolute Gasteiger partial charge is 0.487 e. The van der Waals surface area contributed by atoms with E-state index in [1.807, 2.05) is 27.7 Å². The molecule has 1 aliphatic heterocycles. The number of rotatable bonds is 3. The number of nitrogens with one attached hydrogen (secondary N) is 1. The molecule has 19 heavy (non-hydrogen) atoms. The van der Waals surface area contributed by atoms with Crippen molar-refractivity contribution in [3.05, 3.63) is 29.5 Å². The number of aromatic amines is 1. The molecule has 1 aromatic rings. The second-order valence-electron chi connectivity index (χ2n) is 5.62. The van der Waals surface area contributed by atoms with Crippen molar-refractivity contribution in [2.75, 3.05) is 0 Å². The van der Waals surface area contributed by atoms with E-state index >= 15 is 0 Å². The minimum atomic E-state index is -0.977. The average molecular weight is 263 g/mol. The lowest BCUT2D eigenvalue weighted by molar-refractivity contribution is 0.00578. The standard InChI is InChI=1S/C13H18BNO4/c1-12(2)13(3,4)19-14(18-12)8-7-9-5-6-10(15-9)11(16)17/h5-8,15H,1-4H3,(H,16,17)/b8-7+. The summed E-state index contributed by atoms with van der Waals surface area (Å²) in [6, 6.07) is 3.22. The molecule has 102 valence electrons. The van der Waals surface area contributed by atoms with E-state index in [2.05, 4.69) is 4.98 Å². The minimum absolute atomic E-state index is 0.161. The van der Waals surface area contributed by atoms with Gasteiger partial charge in [0, 0.05) is 5.69 Å². The van der Waals surface area contributed by atoms with Crippen LogP contribution < -0.4 is 0 Å². The third kappa shape index (κ3) is 2.74. The molecular weight excluding hydrogens is 245 g/mol. The average Bonchev–Trinajstić information content (AvgIpc) is 2.79. The number of H-pyrrole nitrogens is 1. The van der Waals surface area contributed by atoms with Crippen molar-refractivity contribution < 1.29 is 19.2 Å². The van der Waals surface area contributed by atoms with Crippen LogP contribution in [0.5, 0.6) is 0 Å². The summed E-state index contributed by atoms with van der Waals surface area (Å²) in [7, 11) is -0.429. The van der Waals surface area contributed by atoms with E-state index in [9.17, 15) is 4.79 Å². The summed E-state index contributed by atoms with van der Waals surface area (Å²) in [6.07, 6.45) is 1.76. The Morgan fingerprint density at radius 3 is 2.32 bits per heavy atom. The molecule has 1 aromatic heterocycles. The molecule has 1 saturated heterocycles. The molecule has 5 nitrogen and oxygen atoms in total. The molecule has 0 bridgehead atoms.